The quantitative estimate of drug-likeness (QED) is 0.781. The van der Waals surface area contributed by atoms with Crippen molar-refractivity contribution in [1.29, 1.82) is 0 Å². The fraction of sp³-hybridized carbons (Fsp3) is 0.917. The molecule has 0 aromatic rings. The molecule has 1 N–H and O–H groups in total. The number of carbonyl (C=O) groups is 1. The maximum Gasteiger partial charge on any atom is 0.248 e. The average molecular weight is 228 g/mol. The Morgan fingerprint density at radius 1 is 1.56 bits per heavy atom. The highest BCUT2D eigenvalue weighted by molar-refractivity contribution is 5.77. The van der Waals surface area contributed by atoms with Crippen LogP contribution in [0.4, 0.5) is 0 Å². The molecule has 16 heavy (non-hydrogen) atoms. The molecule has 1 atom stereocenters. The molecule has 94 valence electrons. The van der Waals surface area contributed by atoms with Gasteiger partial charge in [-0.3, -0.25) is 4.79 Å². The lowest BCUT2D eigenvalue weighted by molar-refractivity contribution is -0.143. The van der Waals surface area contributed by atoms with Crippen LogP contribution in [0.2, 0.25) is 0 Å². The lowest BCUT2D eigenvalue weighted by Crippen LogP contribution is -2.47. The molecule has 1 aliphatic rings. The van der Waals surface area contributed by atoms with E-state index in [-0.39, 0.29) is 24.2 Å². The molecule has 1 saturated heterocycles. The molecule has 1 fully saturated rings. The number of ether oxygens (including phenoxy) is 1. The number of likely N-dealkylation sites (N-methyl/N-ethyl adjacent to an activating group) is 1. The van der Waals surface area contributed by atoms with Crippen molar-refractivity contribution in [3.8, 4) is 0 Å². The first-order valence-corrected chi connectivity index (χ1v) is 6.05. The number of rotatable bonds is 4. The lowest BCUT2D eigenvalue weighted by Gasteiger charge is -2.34. The number of amides is 1. The number of carbonyl (C=O) groups excluding carboxylic acids is 1. The summed E-state index contributed by atoms with van der Waals surface area (Å²) in [5, 5.41) is 3.30. The molecule has 1 aliphatic heterocycles. The first-order valence-electron chi connectivity index (χ1n) is 6.05. The van der Waals surface area contributed by atoms with E-state index in [2.05, 4.69) is 12.2 Å². The zero-order valence-electron chi connectivity index (χ0n) is 10.9. The second-order valence-corrected chi connectivity index (χ2v) is 5.12. The molecule has 0 aromatic heterocycles. The van der Waals surface area contributed by atoms with Gasteiger partial charge in [0.1, 0.15) is 6.61 Å². The Labute approximate surface area is 98.3 Å². The Morgan fingerprint density at radius 3 is 2.75 bits per heavy atom. The minimum absolute atomic E-state index is 0.0572. The average Bonchev–Trinajstić information content (AvgIpc) is 2.26. The summed E-state index contributed by atoms with van der Waals surface area (Å²) in [5.41, 5.74) is -0.175. The summed E-state index contributed by atoms with van der Waals surface area (Å²) in [6.45, 7) is 8.16. The maximum absolute atomic E-state index is 11.7. The second-order valence-electron chi connectivity index (χ2n) is 5.12. The standard InChI is InChI=1S/C12H24N2O2/c1-10(2)14(4)11(15)8-16-12(3)6-5-7-13-9-12/h10,13H,5-9H2,1-4H3. The van der Waals surface area contributed by atoms with Crippen molar-refractivity contribution in [2.45, 2.75) is 45.3 Å². The predicted octanol–water partition coefficient (Wildman–Crippen LogP) is 1.01. The number of hydrogen-bond acceptors (Lipinski definition) is 3. The molecule has 1 rings (SSSR count). The van der Waals surface area contributed by atoms with E-state index >= 15 is 0 Å². The summed E-state index contributed by atoms with van der Waals surface area (Å²) in [6.07, 6.45) is 2.14. The van der Waals surface area contributed by atoms with Crippen LogP contribution in [-0.2, 0) is 9.53 Å². The fourth-order valence-electron chi connectivity index (χ4n) is 1.78. The molecule has 0 saturated carbocycles. The molecule has 0 bridgehead atoms. The van der Waals surface area contributed by atoms with Crippen molar-refractivity contribution < 1.29 is 9.53 Å². The second kappa shape index (κ2) is 5.64. The van der Waals surface area contributed by atoms with Crippen LogP contribution in [-0.4, -0.2) is 49.2 Å². The lowest BCUT2D eigenvalue weighted by atomic mass is 9.96. The fourth-order valence-corrected chi connectivity index (χ4v) is 1.78. The first kappa shape index (κ1) is 13.5. The van der Waals surface area contributed by atoms with E-state index in [0.717, 1.165) is 25.9 Å². The van der Waals surface area contributed by atoms with Gasteiger partial charge in [0.2, 0.25) is 5.91 Å². The topological polar surface area (TPSA) is 41.6 Å². The summed E-state index contributed by atoms with van der Waals surface area (Å²) in [7, 11) is 1.82. The zero-order valence-corrected chi connectivity index (χ0v) is 10.9. The van der Waals surface area contributed by atoms with Gasteiger partial charge >= 0.3 is 0 Å². The highest BCUT2D eigenvalue weighted by atomic mass is 16.5. The molecule has 4 nitrogen and oxygen atoms in total. The van der Waals surface area contributed by atoms with Gasteiger partial charge in [-0.15, -0.1) is 0 Å². The van der Waals surface area contributed by atoms with Crippen molar-refractivity contribution in [2.75, 3.05) is 26.7 Å². The van der Waals surface area contributed by atoms with E-state index in [1.807, 2.05) is 20.9 Å². The largest absolute Gasteiger partial charge is 0.364 e. The van der Waals surface area contributed by atoms with Gasteiger partial charge in [-0.25, -0.2) is 0 Å². The summed E-state index contributed by atoms with van der Waals surface area (Å²) >= 11 is 0. The predicted molar refractivity (Wildman–Crippen MR) is 64.4 cm³/mol. The third kappa shape index (κ3) is 3.76. The minimum atomic E-state index is -0.175. The van der Waals surface area contributed by atoms with E-state index in [1.54, 1.807) is 4.90 Å². The van der Waals surface area contributed by atoms with Crippen LogP contribution in [0.3, 0.4) is 0 Å². The SMILES string of the molecule is CC(C)N(C)C(=O)COC1(C)CCCNC1. The smallest absolute Gasteiger partial charge is 0.248 e. The van der Waals surface area contributed by atoms with Crippen LogP contribution < -0.4 is 5.32 Å². The van der Waals surface area contributed by atoms with Crippen LogP contribution in [0.1, 0.15) is 33.6 Å². The van der Waals surface area contributed by atoms with E-state index in [4.69, 9.17) is 4.74 Å². The summed E-state index contributed by atoms with van der Waals surface area (Å²) in [4.78, 5) is 13.5. The van der Waals surface area contributed by atoms with Gasteiger partial charge in [-0.1, -0.05) is 0 Å². The molecular formula is C12H24N2O2. The summed E-state index contributed by atoms with van der Waals surface area (Å²) in [6, 6.07) is 0.230. The van der Waals surface area contributed by atoms with Crippen LogP contribution >= 0.6 is 0 Å². The Bertz CT molecular complexity index is 235. The Hall–Kier alpha value is -0.610. The normalized spacial score (nSPS) is 25.8. The zero-order chi connectivity index (χ0) is 12.2. The molecule has 1 heterocycles. The highest BCUT2D eigenvalue weighted by Gasteiger charge is 2.28. The van der Waals surface area contributed by atoms with Crippen LogP contribution in [0.25, 0.3) is 0 Å². The van der Waals surface area contributed by atoms with E-state index in [1.165, 1.54) is 0 Å². The molecule has 4 heteroatoms. The number of nitrogens with one attached hydrogen (secondary N) is 1. The number of hydrogen-bond donors (Lipinski definition) is 1. The van der Waals surface area contributed by atoms with Crippen LogP contribution in [0.15, 0.2) is 0 Å². The number of piperidine rings is 1. The molecule has 0 aliphatic carbocycles. The summed E-state index contributed by atoms with van der Waals surface area (Å²) in [5.74, 6) is 0.0572. The molecular weight excluding hydrogens is 204 g/mol. The monoisotopic (exact) mass is 228 g/mol. The van der Waals surface area contributed by atoms with E-state index < -0.39 is 0 Å². The molecule has 1 unspecified atom stereocenters. The van der Waals surface area contributed by atoms with E-state index in [0.29, 0.717) is 0 Å². The first-order chi connectivity index (χ1) is 7.44. The number of nitrogens with zero attached hydrogens (tertiary/aromatic N) is 1. The van der Waals surface area contributed by atoms with Crippen LogP contribution in [0, 0.1) is 0 Å². The third-order valence-electron chi connectivity index (χ3n) is 3.27. The van der Waals surface area contributed by atoms with Gasteiger partial charge in [-0.2, -0.15) is 0 Å². The van der Waals surface area contributed by atoms with Crippen molar-refractivity contribution in [1.82, 2.24) is 10.2 Å². The third-order valence-corrected chi connectivity index (χ3v) is 3.27. The van der Waals surface area contributed by atoms with Crippen LogP contribution in [0.5, 0.6) is 0 Å². The van der Waals surface area contributed by atoms with Crippen molar-refractivity contribution in [3.63, 3.8) is 0 Å². The molecule has 0 radical (unpaired) electrons. The van der Waals surface area contributed by atoms with Crippen molar-refractivity contribution in [3.05, 3.63) is 0 Å². The van der Waals surface area contributed by atoms with Gasteiger partial charge in [0.25, 0.3) is 0 Å². The van der Waals surface area contributed by atoms with Gasteiger partial charge in [0.05, 0.1) is 5.60 Å². The van der Waals surface area contributed by atoms with Crippen molar-refractivity contribution in [2.24, 2.45) is 0 Å². The molecule has 0 spiro atoms. The van der Waals surface area contributed by atoms with E-state index in [9.17, 15) is 4.79 Å². The van der Waals surface area contributed by atoms with Crippen molar-refractivity contribution >= 4 is 5.91 Å². The maximum atomic E-state index is 11.7. The van der Waals surface area contributed by atoms with Gasteiger partial charge < -0.3 is 15.0 Å². The van der Waals surface area contributed by atoms with Gasteiger partial charge in [0, 0.05) is 19.6 Å². The highest BCUT2D eigenvalue weighted by Crippen LogP contribution is 2.19. The molecule has 0 aromatic carbocycles. The van der Waals surface area contributed by atoms with Gasteiger partial charge in [-0.05, 0) is 40.2 Å². The Balaban J connectivity index is 2.35. The Morgan fingerprint density at radius 2 is 2.25 bits per heavy atom. The Kier molecular flexibility index (Phi) is 4.74. The summed E-state index contributed by atoms with van der Waals surface area (Å²) < 4.78 is 5.75. The molecule has 1 amide bonds. The van der Waals surface area contributed by atoms with Gasteiger partial charge in [0.15, 0.2) is 0 Å². The minimum Gasteiger partial charge on any atom is -0.364 e.